The van der Waals surface area contributed by atoms with E-state index >= 15 is 0 Å². The highest BCUT2D eigenvalue weighted by Crippen LogP contribution is 2.26. The van der Waals surface area contributed by atoms with Crippen molar-refractivity contribution in [1.82, 2.24) is 5.32 Å². The van der Waals surface area contributed by atoms with Crippen LogP contribution in [0.4, 0.5) is 0 Å². The molecule has 0 aliphatic rings. The second kappa shape index (κ2) is 7.00. The fourth-order valence-corrected chi connectivity index (χ4v) is 2.80. The third kappa shape index (κ3) is 3.79. The van der Waals surface area contributed by atoms with Gasteiger partial charge in [0.25, 0.3) is 5.91 Å². The highest BCUT2D eigenvalue weighted by Gasteiger charge is 2.22. The van der Waals surface area contributed by atoms with Gasteiger partial charge in [0.05, 0.1) is 4.47 Å². The zero-order chi connectivity index (χ0) is 15.4. The minimum absolute atomic E-state index is 0.104. The second-order valence-corrected chi connectivity index (χ2v) is 6.25. The highest BCUT2D eigenvalue weighted by molar-refractivity contribution is 9.10. The maximum atomic E-state index is 12.1. The first-order valence-electron chi connectivity index (χ1n) is 6.23. The van der Waals surface area contributed by atoms with E-state index in [1.807, 2.05) is 24.5 Å². The van der Waals surface area contributed by atoms with Crippen molar-refractivity contribution < 1.29 is 19.1 Å². The van der Waals surface area contributed by atoms with Crippen LogP contribution in [-0.2, 0) is 4.79 Å². The van der Waals surface area contributed by atoms with Crippen molar-refractivity contribution in [3.63, 3.8) is 0 Å². The molecule has 0 radical (unpaired) electrons. The number of carbonyl (C=O) groups excluding carboxylic acids is 1. The summed E-state index contributed by atoms with van der Waals surface area (Å²) in [7, 11) is 0. The van der Waals surface area contributed by atoms with Crippen LogP contribution in [0, 0.1) is 0 Å². The molecule has 0 spiro atoms. The Morgan fingerprint density at radius 3 is 2.86 bits per heavy atom. The number of nitrogens with one attached hydrogen (secondary N) is 1. The molecule has 1 heterocycles. The summed E-state index contributed by atoms with van der Waals surface area (Å²) in [5, 5.41) is 12.4. The Balaban J connectivity index is 2.17. The molecule has 2 N–H and O–H groups in total. The van der Waals surface area contributed by atoms with Crippen molar-refractivity contribution >= 4 is 50.5 Å². The van der Waals surface area contributed by atoms with Crippen molar-refractivity contribution in [2.45, 2.75) is 12.5 Å². The average Bonchev–Trinajstić information content (AvgIpc) is 2.88. The summed E-state index contributed by atoms with van der Waals surface area (Å²) in [6.07, 6.45) is 2.25. The number of furan rings is 1. The van der Waals surface area contributed by atoms with Crippen LogP contribution in [0.2, 0.25) is 0 Å². The Labute approximate surface area is 134 Å². The highest BCUT2D eigenvalue weighted by atomic mass is 79.9. The molecule has 0 fully saturated rings. The molecule has 0 saturated carbocycles. The number of halogens is 1. The summed E-state index contributed by atoms with van der Waals surface area (Å²) in [6.45, 7) is 0. The van der Waals surface area contributed by atoms with Crippen molar-refractivity contribution in [2.24, 2.45) is 0 Å². The molecule has 2 rings (SSSR count). The van der Waals surface area contributed by atoms with Gasteiger partial charge in [-0.1, -0.05) is 12.1 Å². The van der Waals surface area contributed by atoms with Crippen molar-refractivity contribution in [3.05, 3.63) is 34.5 Å². The standard InChI is InChI=1S/C14H14BrNO4S/c1-21-6-5-10(14(18)19)16-13(17)11-7-8-3-2-4-9(15)12(8)20-11/h2-4,7,10H,5-6H2,1H3,(H,16,17)(H,18,19)/t10-/m1/s1. The number of aliphatic carboxylic acids is 1. The van der Waals surface area contributed by atoms with Crippen LogP contribution in [0.15, 0.2) is 33.2 Å². The number of hydrogen-bond acceptors (Lipinski definition) is 4. The summed E-state index contributed by atoms with van der Waals surface area (Å²) < 4.78 is 6.24. The van der Waals surface area contributed by atoms with E-state index in [9.17, 15) is 9.59 Å². The summed E-state index contributed by atoms with van der Waals surface area (Å²) in [4.78, 5) is 23.2. The largest absolute Gasteiger partial charge is 0.480 e. The molecule has 5 nitrogen and oxygen atoms in total. The zero-order valence-corrected chi connectivity index (χ0v) is 13.7. The first kappa shape index (κ1) is 15.9. The van der Waals surface area contributed by atoms with Crippen molar-refractivity contribution in [2.75, 3.05) is 12.0 Å². The normalized spacial score (nSPS) is 12.3. The molecule has 0 aliphatic carbocycles. The maximum Gasteiger partial charge on any atom is 0.326 e. The number of carboxylic acid groups (broad SMARTS) is 1. The van der Waals surface area contributed by atoms with Gasteiger partial charge in [-0.15, -0.1) is 0 Å². The Kier molecular flexibility index (Phi) is 5.30. The number of thioether (sulfide) groups is 1. The first-order chi connectivity index (χ1) is 10.0. The van der Waals surface area contributed by atoms with E-state index in [-0.39, 0.29) is 5.76 Å². The Morgan fingerprint density at radius 1 is 1.48 bits per heavy atom. The molecular formula is C14H14BrNO4S. The van der Waals surface area contributed by atoms with Gasteiger partial charge in [-0.05, 0) is 46.5 Å². The summed E-state index contributed by atoms with van der Waals surface area (Å²) in [5.74, 6) is -0.809. The molecule has 0 aliphatic heterocycles. The molecule has 7 heteroatoms. The zero-order valence-electron chi connectivity index (χ0n) is 11.3. The topological polar surface area (TPSA) is 79.5 Å². The molecule has 112 valence electrons. The molecule has 1 aromatic heterocycles. The summed E-state index contributed by atoms with van der Waals surface area (Å²) >= 11 is 4.88. The van der Waals surface area contributed by atoms with Gasteiger partial charge in [0.2, 0.25) is 0 Å². The third-order valence-corrected chi connectivity index (χ3v) is 4.20. The smallest absolute Gasteiger partial charge is 0.326 e. The predicted octanol–water partition coefficient (Wildman–Crippen LogP) is 3.13. The lowest BCUT2D eigenvalue weighted by Crippen LogP contribution is -2.41. The lowest BCUT2D eigenvalue weighted by Gasteiger charge is -2.12. The minimum Gasteiger partial charge on any atom is -0.480 e. The van der Waals surface area contributed by atoms with Gasteiger partial charge in [-0.3, -0.25) is 4.79 Å². The number of rotatable bonds is 6. The van der Waals surface area contributed by atoms with Crippen molar-refractivity contribution in [1.29, 1.82) is 0 Å². The number of hydrogen-bond donors (Lipinski definition) is 2. The molecule has 0 unspecified atom stereocenters. The van der Waals surface area contributed by atoms with Gasteiger partial charge >= 0.3 is 5.97 Å². The van der Waals surface area contributed by atoms with Crippen LogP contribution in [0.5, 0.6) is 0 Å². The Morgan fingerprint density at radius 2 is 2.24 bits per heavy atom. The average molecular weight is 372 g/mol. The van der Waals surface area contributed by atoms with E-state index in [1.165, 1.54) is 11.8 Å². The van der Waals surface area contributed by atoms with E-state index in [2.05, 4.69) is 21.2 Å². The molecule has 21 heavy (non-hydrogen) atoms. The SMILES string of the molecule is CSCC[C@@H](NC(=O)c1cc2cccc(Br)c2o1)C(=O)O. The van der Waals surface area contributed by atoms with Crippen molar-refractivity contribution in [3.8, 4) is 0 Å². The quantitative estimate of drug-likeness (QED) is 0.815. The van der Waals surface area contributed by atoms with E-state index < -0.39 is 17.9 Å². The van der Waals surface area contributed by atoms with Crippen LogP contribution in [0.3, 0.4) is 0 Å². The summed E-state index contributed by atoms with van der Waals surface area (Å²) in [5.41, 5.74) is 0.568. The lowest BCUT2D eigenvalue weighted by molar-refractivity contribution is -0.139. The molecule has 0 bridgehead atoms. The second-order valence-electron chi connectivity index (χ2n) is 4.41. The van der Waals surface area contributed by atoms with Gasteiger partial charge in [0.15, 0.2) is 5.76 Å². The molecule has 1 aromatic carbocycles. The van der Waals surface area contributed by atoms with Crippen LogP contribution < -0.4 is 5.32 Å². The van der Waals surface area contributed by atoms with Gasteiger partial charge in [-0.2, -0.15) is 11.8 Å². The van der Waals surface area contributed by atoms with Gasteiger partial charge in [0.1, 0.15) is 11.6 Å². The number of fused-ring (bicyclic) bond motifs is 1. The van der Waals surface area contributed by atoms with E-state index in [0.29, 0.717) is 17.8 Å². The third-order valence-electron chi connectivity index (χ3n) is 2.93. The summed E-state index contributed by atoms with van der Waals surface area (Å²) in [6, 6.07) is 6.15. The minimum atomic E-state index is -1.05. The van der Waals surface area contributed by atoms with E-state index in [4.69, 9.17) is 9.52 Å². The Bertz CT molecular complexity index is 670. The Hall–Kier alpha value is -1.47. The maximum absolute atomic E-state index is 12.1. The molecular weight excluding hydrogens is 358 g/mol. The number of carboxylic acids is 1. The fourth-order valence-electron chi connectivity index (χ4n) is 1.86. The molecule has 1 atom stereocenters. The molecule has 0 saturated heterocycles. The van der Waals surface area contributed by atoms with Gasteiger partial charge in [-0.25, -0.2) is 4.79 Å². The van der Waals surface area contributed by atoms with Crippen LogP contribution >= 0.6 is 27.7 Å². The van der Waals surface area contributed by atoms with Gasteiger partial charge in [0, 0.05) is 5.39 Å². The molecule has 1 amide bonds. The number of carbonyl (C=O) groups is 2. The van der Waals surface area contributed by atoms with Crippen LogP contribution in [0.1, 0.15) is 17.0 Å². The van der Waals surface area contributed by atoms with E-state index in [1.54, 1.807) is 6.07 Å². The number of para-hydroxylation sites is 1. The number of amides is 1. The molecule has 2 aromatic rings. The lowest BCUT2D eigenvalue weighted by atomic mass is 10.2. The number of benzene rings is 1. The van der Waals surface area contributed by atoms with Crippen LogP contribution in [-0.4, -0.2) is 35.0 Å². The van der Waals surface area contributed by atoms with Gasteiger partial charge < -0.3 is 14.8 Å². The monoisotopic (exact) mass is 371 g/mol. The van der Waals surface area contributed by atoms with Crippen LogP contribution in [0.25, 0.3) is 11.0 Å². The fraction of sp³-hybridized carbons (Fsp3) is 0.286. The van der Waals surface area contributed by atoms with E-state index in [0.717, 1.165) is 9.86 Å². The first-order valence-corrected chi connectivity index (χ1v) is 8.42. The predicted molar refractivity (Wildman–Crippen MR) is 85.8 cm³/mol.